The minimum atomic E-state index is -0.411. The van der Waals surface area contributed by atoms with Gasteiger partial charge in [-0.1, -0.05) is 13.3 Å². The molecule has 2 heterocycles. The van der Waals surface area contributed by atoms with Crippen molar-refractivity contribution in [2.45, 2.75) is 25.9 Å². The second-order valence-electron chi connectivity index (χ2n) is 4.33. The van der Waals surface area contributed by atoms with Gasteiger partial charge >= 0.3 is 0 Å². The summed E-state index contributed by atoms with van der Waals surface area (Å²) in [5, 5.41) is 15.6. The van der Waals surface area contributed by atoms with Gasteiger partial charge in [0.2, 0.25) is 17.8 Å². The van der Waals surface area contributed by atoms with Gasteiger partial charge in [0, 0.05) is 26.0 Å². The fraction of sp³-hybridized carbons (Fsp3) is 0.500. The lowest BCUT2D eigenvalue weighted by Gasteiger charge is -2.12. The number of aliphatic hydroxyl groups excluding tert-OH is 1. The Kier molecular flexibility index (Phi) is 4.83. The molecule has 2 aromatic rings. The van der Waals surface area contributed by atoms with Crippen LogP contribution < -0.4 is 10.6 Å². The molecule has 20 heavy (non-hydrogen) atoms. The summed E-state index contributed by atoms with van der Waals surface area (Å²) in [6, 6.07) is 0. The molecule has 0 aliphatic rings. The molecule has 2 aromatic heterocycles. The third-order valence-electron chi connectivity index (χ3n) is 2.70. The predicted octanol–water partition coefficient (Wildman–Crippen LogP) is 0.672. The summed E-state index contributed by atoms with van der Waals surface area (Å²) in [5.74, 6) is 1.34. The van der Waals surface area contributed by atoms with Crippen molar-refractivity contribution < 1.29 is 5.11 Å². The number of imidazole rings is 1. The highest BCUT2D eigenvalue weighted by Crippen LogP contribution is 2.09. The van der Waals surface area contributed by atoms with Crippen molar-refractivity contribution in [3.63, 3.8) is 0 Å². The standard InChI is InChI=1S/C12H19N7O/c1-3-4-9(20)7-15-11-16-10(13-2)17-12(18-11)19-6-5-14-8-19/h5-6,8-9,20H,3-4,7H2,1-2H3,(H2,13,15,16,17,18). The maximum absolute atomic E-state index is 9.73. The molecule has 0 aliphatic carbocycles. The molecule has 0 amide bonds. The largest absolute Gasteiger partial charge is 0.391 e. The highest BCUT2D eigenvalue weighted by atomic mass is 16.3. The summed E-state index contributed by atoms with van der Waals surface area (Å²) in [6.07, 6.45) is 6.29. The van der Waals surface area contributed by atoms with Crippen LogP contribution in [-0.4, -0.2) is 49.3 Å². The third kappa shape index (κ3) is 3.64. The van der Waals surface area contributed by atoms with E-state index in [1.807, 2.05) is 6.92 Å². The van der Waals surface area contributed by atoms with E-state index in [9.17, 15) is 5.11 Å². The number of nitrogens with one attached hydrogen (secondary N) is 2. The van der Waals surface area contributed by atoms with Crippen LogP contribution in [0.1, 0.15) is 19.8 Å². The molecule has 0 saturated heterocycles. The molecule has 1 unspecified atom stereocenters. The van der Waals surface area contributed by atoms with Crippen LogP contribution in [0, 0.1) is 0 Å². The molecule has 0 saturated carbocycles. The van der Waals surface area contributed by atoms with E-state index in [-0.39, 0.29) is 0 Å². The van der Waals surface area contributed by atoms with Crippen LogP contribution in [0.2, 0.25) is 0 Å². The van der Waals surface area contributed by atoms with E-state index >= 15 is 0 Å². The highest BCUT2D eigenvalue weighted by Gasteiger charge is 2.08. The fourth-order valence-electron chi connectivity index (χ4n) is 1.69. The smallest absolute Gasteiger partial charge is 0.241 e. The minimum absolute atomic E-state index is 0.407. The maximum atomic E-state index is 9.73. The molecule has 0 radical (unpaired) electrons. The lowest BCUT2D eigenvalue weighted by atomic mass is 10.2. The fourth-order valence-corrected chi connectivity index (χ4v) is 1.69. The molecule has 0 bridgehead atoms. The molecule has 8 nitrogen and oxygen atoms in total. The molecule has 3 N–H and O–H groups in total. The second-order valence-corrected chi connectivity index (χ2v) is 4.33. The first kappa shape index (κ1) is 14.2. The minimum Gasteiger partial charge on any atom is -0.391 e. The van der Waals surface area contributed by atoms with Gasteiger partial charge in [0.1, 0.15) is 6.33 Å². The quantitative estimate of drug-likeness (QED) is 0.683. The van der Waals surface area contributed by atoms with Gasteiger partial charge in [0.05, 0.1) is 6.10 Å². The van der Waals surface area contributed by atoms with Crippen LogP contribution in [-0.2, 0) is 0 Å². The summed E-state index contributed by atoms with van der Waals surface area (Å²) in [6.45, 7) is 2.44. The summed E-state index contributed by atoms with van der Waals surface area (Å²) in [4.78, 5) is 16.7. The van der Waals surface area contributed by atoms with Gasteiger partial charge in [0.15, 0.2) is 0 Å². The van der Waals surface area contributed by atoms with E-state index in [0.29, 0.717) is 24.4 Å². The van der Waals surface area contributed by atoms with Gasteiger partial charge in [-0.3, -0.25) is 4.57 Å². The van der Waals surface area contributed by atoms with Gasteiger partial charge < -0.3 is 15.7 Å². The average Bonchev–Trinajstić information content (AvgIpc) is 2.99. The van der Waals surface area contributed by atoms with Crippen LogP contribution in [0.15, 0.2) is 18.7 Å². The van der Waals surface area contributed by atoms with Crippen LogP contribution in [0.25, 0.3) is 5.95 Å². The number of hydrogen-bond donors (Lipinski definition) is 3. The van der Waals surface area contributed by atoms with E-state index in [2.05, 4.69) is 30.6 Å². The Morgan fingerprint density at radius 2 is 2.10 bits per heavy atom. The van der Waals surface area contributed by atoms with E-state index in [1.165, 1.54) is 0 Å². The Bertz CT molecular complexity index is 529. The number of aliphatic hydroxyl groups is 1. The molecule has 0 aromatic carbocycles. The zero-order valence-corrected chi connectivity index (χ0v) is 11.6. The summed E-state index contributed by atoms with van der Waals surface area (Å²) in [5.41, 5.74) is 0. The van der Waals surface area contributed by atoms with Crippen molar-refractivity contribution in [1.82, 2.24) is 24.5 Å². The third-order valence-corrected chi connectivity index (χ3v) is 2.70. The first-order valence-corrected chi connectivity index (χ1v) is 6.57. The van der Waals surface area contributed by atoms with Crippen LogP contribution in [0.4, 0.5) is 11.9 Å². The molecule has 8 heteroatoms. The van der Waals surface area contributed by atoms with E-state index in [4.69, 9.17) is 0 Å². The maximum Gasteiger partial charge on any atom is 0.241 e. The van der Waals surface area contributed by atoms with E-state index in [1.54, 1.807) is 30.3 Å². The van der Waals surface area contributed by atoms with Crippen LogP contribution in [0.5, 0.6) is 0 Å². The lowest BCUT2D eigenvalue weighted by Crippen LogP contribution is -2.21. The normalized spacial score (nSPS) is 12.2. The zero-order valence-electron chi connectivity index (χ0n) is 11.6. The molecule has 0 fully saturated rings. The summed E-state index contributed by atoms with van der Waals surface area (Å²) >= 11 is 0. The van der Waals surface area contributed by atoms with Gasteiger partial charge in [-0.2, -0.15) is 15.0 Å². The van der Waals surface area contributed by atoms with Gasteiger partial charge in [0.25, 0.3) is 0 Å². The molecule has 1 atom stereocenters. The number of rotatable bonds is 7. The summed E-state index contributed by atoms with van der Waals surface area (Å²) < 4.78 is 1.69. The van der Waals surface area contributed by atoms with Gasteiger partial charge in [-0.05, 0) is 6.42 Å². The first-order valence-electron chi connectivity index (χ1n) is 6.57. The average molecular weight is 277 g/mol. The Morgan fingerprint density at radius 3 is 2.75 bits per heavy atom. The molecule has 0 aliphatic heterocycles. The van der Waals surface area contributed by atoms with Crippen molar-refractivity contribution in [2.75, 3.05) is 24.2 Å². The number of aromatic nitrogens is 5. The number of hydrogen-bond acceptors (Lipinski definition) is 7. The summed E-state index contributed by atoms with van der Waals surface area (Å²) in [7, 11) is 1.74. The lowest BCUT2D eigenvalue weighted by molar-refractivity contribution is 0.176. The topological polar surface area (TPSA) is 101 Å². The van der Waals surface area contributed by atoms with Crippen molar-refractivity contribution in [1.29, 1.82) is 0 Å². The van der Waals surface area contributed by atoms with Crippen LogP contribution in [0.3, 0.4) is 0 Å². The molecule has 0 spiro atoms. The monoisotopic (exact) mass is 277 g/mol. The number of nitrogens with zero attached hydrogens (tertiary/aromatic N) is 5. The SMILES string of the molecule is CCCC(O)CNc1nc(NC)nc(-n2ccnc2)n1. The Labute approximate surface area is 117 Å². The predicted molar refractivity (Wildman–Crippen MR) is 75.9 cm³/mol. The number of anilines is 2. The van der Waals surface area contributed by atoms with Crippen molar-refractivity contribution in [2.24, 2.45) is 0 Å². The molecule has 2 rings (SSSR count). The Morgan fingerprint density at radius 1 is 1.30 bits per heavy atom. The van der Waals surface area contributed by atoms with Crippen LogP contribution >= 0.6 is 0 Å². The van der Waals surface area contributed by atoms with Gasteiger partial charge in [-0.25, -0.2) is 4.98 Å². The molecular formula is C12H19N7O. The van der Waals surface area contributed by atoms with Crippen molar-refractivity contribution >= 4 is 11.9 Å². The highest BCUT2D eigenvalue weighted by molar-refractivity contribution is 5.37. The molecular weight excluding hydrogens is 258 g/mol. The first-order chi connectivity index (χ1) is 9.72. The Hall–Kier alpha value is -2.22. The van der Waals surface area contributed by atoms with Crippen molar-refractivity contribution in [3.05, 3.63) is 18.7 Å². The molecule has 108 valence electrons. The van der Waals surface area contributed by atoms with Gasteiger partial charge in [-0.15, -0.1) is 0 Å². The zero-order chi connectivity index (χ0) is 14.4. The van der Waals surface area contributed by atoms with Crippen molar-refractivity contribution in [3.8, 4) is 5.95 Å². The second kappa shape index (κ2) is 6.80. The van der Waals surface area contributed by atoms with E-state index in [0.717, 1.165) is 12.8 Å². The van der Waals surface area contributed by atoms with E-state index < -0.39 is 6.10 Å². The Balaban J connectivity index is 2.14.